The lowest BCUT2D eigenvalue weighted by molar-refractivity contribution is 0.503. The van der Waals surface area contributed by atoms with E-state index in [4.69, 9.17) is 0 Å². The van der Waals surface area contributed by atoms with Crippen LogP contribution >= 0.6 is 0 Å². The molecule has 1 unspecified atom stereocenters. The maximum atomic E-state index is 12.6. The quantitative estimate of drug-likeness (QED) is 0.870. The second kappa shape index (κ2) is 4.81. The van der Waals surface area contributed by atoms with Gasteiger partial charge in [0.05, 0.1) is 0 Å². The first kappa shape index (κ1) is 13.8. The van der Waals surface area contributed by atoms with Gasteiger partial charge < -0.3 is 9.88 Å². The van der Waals surface area contributed by atoms with Crippen LogP contribution in [-0.2, 0) is 20.6 Å². The third-order valence-corrected chi connectivity index (χ3v) is 4.89. The number of imidazole rings is 1. The monoisotopic (exact) mass is 303 g/mol. The summed E-state index contributed by atoms with van der Waals surface area (Å²) in [7, 11) is 3.22. The largest absolute Gasteiger partial charge is 0.332 e. The predicted molar refractivity (Wildman–Crippen MR) is 83.2 cm³/mol. The molecule has 0 bridgehead atoms. The van der Waals surface area contributed by atoms with Crippen LogP contribution in [0.1, 0.15) is 37.4 Å². The Labute approximate surface area is 127 Å². The molecule has 2 fully saturated rings. The van der Waals surface area contributed by atoms with E-state index in [1.165, 1.54) is 22.6 Å². The first-order valence-corrected chi connectivity index (χ1v) is 7.97. The zero-order chi connectivity index (χ0) is 15.4. The fraction of sp³-hybridized carbons (Fsp3) is 0.667. The highest BCUT2D eigenvalue weighted by molar-refractivity contribution is 5.71. The maximum Gasteiger partial charge on any atom is 0.332 e. The number of aromatic nitrogens is 4. The minimum atomic E-state index is -0.316. The van der Waals surface area contributed by atoms with Crippen molar-refractivity contribution in [2.45, 2.75) is 44.2 Å². The molecule has 118 valence electrons. The second-order valence-corrected chi connectivity index (χ2v) is 6.53. The van der Waals surface area contributed by atoms with Gasteiger partial charge in [0.1, 0.15) is 5.82 Å². The molecule has 1 atom stereocenters. The van der Waals surface area contributed by atoms with Gasteiger partial charge in [0.25, 0.3) is 5.56 Å². The van der Waals surface area contributed by atoms with Gasteiger partial charge in [-0.15, -0.1) is 0 Å². The lowest BCUT2D eigenvalue weighted by Gasteiger charge is -2.14. The number of nitrogens with zero attached hydrogens (tertiary/aromatic N) is 4. The number of rotatable bonds is 3. The van der Waals surface area contributed by atoms with E-state index in [-0.39, 0.29) is 11.2 Å². The van der Waals surface area contributed by atoms with Crippen LogP contribution in [0.25, 0.3) is 11.2 Å². The summed E-state index contributed by atoms with van der Waals surface area (Å²) in [6.45, 7) is 1.79. The van der Waals surface area contributed by atoms with Crippen molar-refractivity contribution < 1.29 is 0 Å². The average Bonchev–Trinajstić information content (AvgIpc) is 3.09. The zero-order valence-electron chi connectivity index (χ0n) is 13.0. The predicted octanol–water partition coefficient (Wildman–Crippen LogP) is 0.0631. The van der Waals surface area contributed by atoms with Crippen LogP contribution in [0.3, 0.4) is 0 Å². The van der Waals surface area contributed by atoms with Crippen molar-refractivity contribution in [3.8, 4) is 0 Å². The highest BCUT2D eigenvalue weighted by Crippen LogP contribution is 2.40. The normalized spacial score (nSPS) is 21.8. The zero-order valence-corrected chi connectivity index (χ0v) is 13.0. The Balaban J connectivity index is 1.97. The van der Waals surface area contributed by atoms with Gasteiger partial charge in [-0.1, -0.05) is 0 Å². The molecule has 1 saturated heterocycles. The standard InChI is InChI=1S/C15H21N5O2/c1-18-13-11(14(21)19(2)15(18)22)20(8-10-4-3-7-16-10)12(17-13)9-5-6-9/h9-10,16H,3-8H2,1-2H3. The summed E-state index contributed by atoms with van der Waals surface area (Å²) in [5.41, 5.74) is 0.534. The van der Waals surface area contributed by atoms with Gasteiger partial charge in [0.15, 0.2) is 11.2 Å². The van der Waals surface area contributed by atoms with Gasteiger partial charge in [-0.25, -0.2) is 9.78 Å². The van der Waals surface area contributed by atoms with Crippen molar-refractivity contribution in [3.05, 3.63) is 26.7 Å². The molecule has 3 heterocycles. The molecule has 2 aromatic heterocycles. The molecule has 2 aromatic rings. The van der Waals surface area contributed by atoms with Crippen LogP contribution < -0.4 is 16.6 Å². The molecule has 1 aliphatic heterocycles. The van der Waals surface area contributed by atoms with Gasteiger partial charge in [0.2, 0.25) is 0 Å². The van der Waals surface area contributed by atoms with E-state index in [9.17, 15) is 9.59 Å². The van der Waals surface area contributed by atoms with Gasteiger partial charge in [-0.3, -0.25) is 13.9 Å². The highest BCUT2D eigenvalue weighted by atomic mass is 16.2. The molecule has 7 heteroatoms. The van der Waals surface area contributed by atoms with Crippen molar-refractivity contribution in [3.63, 3.8) is 0 Å². The molecule has 7 nitrogen and oxygen atoms in total. The van der Waals surface area contributed by atoms with Crippen LogP contribution in [0.4, 0.5) is 0 Å². The van der Waals surface area contributed by atoms with Gasteiger partial charge in [0, 0.05) is 32.6 Å². The summed E-state index contributed by atoms with van der Waals surface area (Å²) in [4.78, 5) is 29.4. The first-order chi connectivity index (χ1) is 10.6. The molecule has 0 radical (unpaired) electrons. The molecule has 0 aromatic carbocycles. The third-order valence-electron chi connectivity index (χ3n) is 4.89. The van der Waals surface area contributed by atoms with Crippen LogP contribution in [0.5, 0.6) is 0 Å². The first-order valence-electron chi connectivity index (χ1n) is 7.97. The van der Waals surface area contributed by atoms with E-state index in [0.29, 0.717) is 23.1 Å². The molecular formula is C15H21N5O2. The molecule has 0 amide bonds. The number of hydrogen-bond acceptors (Lipinski definition) is 4. The molecule has 1 N–H and O–H groups in total. The summed E-state index contributed by atoms with van der Waals surface area (Å²) >= 11 is 0. The highest BCUT2D eigenvalue weighted by Gasteiger charge is 2.32. The maximum absolute atomic E-state index is 12.6. The molecular weight excluding hydrogens is 282 g/mol. The summed E-state index contributed by atoms with van der Waals surface area (Å²) in [6.07, 6.45) is 4.54. The Hall–Kier alpha value is -1.89. The van der Waals surface area contributed by atoms with E-state index in [1.807, 2.05) is 0 Å². The van der Waals surface area contributed by atoms with Crippen LogP contribution in [0.2, 0.25) is 0 Å². The number of fused-ring (bicyclic) bond motifs is 1. The molecule has 22 heavy (non-hydrogen) atoms. The summed E-state index contributed by atoms with van der Waals surface area (Å²) in [5.74, 6) is 1.41. The molecule has 0 spiro atoms. The second-order valence-electron chi connectivity index (χ2n) is 6.53. The Kier molecular flexibility index (Phi) is 3.00. The van der Waals surface area contributed by atoms with Gasteiger partial charge in [-0.2, -0.15) is 0 Å². The Morgan fingerprint density at radius 2 is 1.95 bits per heavy atom. The van der Waals surface area contributed by atoms with Crippen molar-refractivity contribution >= 4 is 11.2 Å². The molecule has 1 aliphatic carbocycles. The van der Waals surface area contributed by atoms with Crippen molar-refractivity contribution in [2.75, 3.05) is 6.54 Å². The number of aryl methyl sites for hydroxylation is 1. The van der Waals surface area contributed by atoms with E-state index >= 15 is 0 Å². The van der Waals surface area contributed by atoms with E-state index in [0.717, 1.165) is 38.2 Å². The third kappa shape index (κ3) is 1.95. The summed E-state index contributed by atoms with van der Waals surface area (Å²) in [6, 6.07) is 0.386. The average molecular weight is 303 g/mol. The fourth-order valence-electron chi connectivity index (χ4n) is 3.43. The Bertz CT molecular complexity index is 849. The fourth-order valence-corrected chi connectivity index (χ4v) is 3.43. The van der Waals surface area contributed by atoms with Gasteiger partial charge in [-0.05, 0) is 32.2 Å². The Morgan fingerprint density at radius 1 is 1.18 bits per heavy atom. The number of nitrogens with one attached hydrogen (secondary N) is 1. The SMILES string of the molecule is Cn1c(=O)c2c(nc(C3CC3)n2CC2CCCN2)n(C)c1=O. The van der Waals surface area contributed by atoms with Crippen LogP contribution in [0.15, 0.2) is 9.59 Å². The Morgan fingerprint density at radius 3 is 2.59 bits per heavy atom. The van der Waals surface area contributed by atoms with Crippen LogP contribution in [-0.4, -0.2) is 31.3 Å². The molecule has 4 rings (SSSR count). The van der Waals surface area contributed by atoms with E-state index < -0.39 is 0 Å². The molecule has 2 aliphatic rings. The lowest BCUT2D eigenvalue weighted by Crippen LogP contribution is -2.38. The van der Waals surface area contributed by atoms with Crippen molar-refractivity contribution in [2.24, 2.45) is 14.1 Å². The topological polar surface area (TPSA) is 73.8 Å². The van der Waals surface area contributed by atoms with Gasteiger partial charge >= 0.3 is 5.69 Å². The smallest absolute Gasteiger partial charge is 0.320 e. The van der Waals surface area contributed by atoms with Crippen LogP contribution in [0, 0.1) is 0 Å². The lowest BCUT2D eigenvalue weighted by atomic mass is 10.2. The van der Waals surface area contributed by atoms with E-state index in [1.54, 1.807) is 7.05 Å². The summed E-state index contributed by atoms with van der Waals surface area (Å²) in [5, 5.41) is 3.48. The van der Waals surface area contributed by atoms with Crippen molar-refractivity contribution in [1.29, 1.82) is 0 Å². The minimum Gasteiger partial charge on any atom is -0.320 e. The molecule has 1 saturated carbocycles. The minimum absolute atomic E-state index is 0.240. The summed E-state index contributed by atoms with van der Waals surface area (Å²) < 4.78 is 4.73. The number of hydrogen-bond donors (Lipinski definition) is 1. The van der Waals surface area contributed by atoms with E-state index in [2.05, 4.69) is 14.9 Å². The van der Waals surface area contributed by atoms with Crippen molar-refractivity contribution in [1.82, 2.24) is 24.0 Å².